The molecule has 0 unspecified atom stereocenters. The fraction of sp³-hybridized carbons (Fsp3) is 0.727. The summed E-state index contributed by atoms with van der Waals surface area (Å²) in [6.45, 7) is 10.1. The largest absolute Gasteiger partial charge is 0.382 e. The number of piperazine rings is 1. The Morgan fingerprint density at radius 2 is 1.88 bits per heavy atom. The monoisotopic (exact) mass is 223 g/mol. The van der Waals surface area contributed by atoms with E-state index in [9.17, 15) is 0 Å². The number of aromatic nitrogens is 2. The highest BCUT2D eigenvalue weighted by Gasteiger charge is 2.14. The first-order valence-corrected chi connectivity index (χ1v) is 6.01. The van der Waals surface area contributed by atoms with Gasteiger partial charge in [-0.3, -0.25) is 9.58 Å². The van der Waals surface area contributed by atoms with Gasteiger partial charge in [0.1, 0.15) is 5.82 Å². The van der Waals surface area contributed by atoms with E-state index in [1.54, 1.807) is 0 Å². The van der Waals surface area contributed by atoms with Crippen molar-refractivity contribution in [3.63, 3.8) is 0 Å². The lowest BCUT2D eigenvalue weighted by molar-refractivity contribution is 0.133. The molecule has 0 aromatic carbocycles. The van der Waals surface area contributed by atoms with Gasteiger partial charge in [0.05, 0.1) is 6.54 Å². The highest BCUT2D eigenvalue weighted by molar-refractivity contribution is 5.23. The summed E-state index contributed by atoms with van der Waals surface area (Å²) in [6, 6.07) is 1.84. The SMILES string of the molecule is CCN1CCN(CCn2ccc(N)n2)CC1. The van der Waals surface area contributed by atoms with E-state index in [0.717, 1.165) is 13.1 Å². The van der Waals surface area contributed by atoms with Crippen LogP contribution in [0, 0.1) is 0 Å². The smallest absolute Gasteiger partial charge is 0.145 e. The zero-order valence-electron chi connectivity index (χ0n) is 9.97. The molecule has 90 valence electrons. The molecule has 2 rings (SSSR count). The number of hydrogen-bond donors (Lipinski definition) is 1. The van der Waals surface area contributed by atoms with Gasteiger partial charge in [0.15, 0.2) is 0 Å². The first kappa shape index (κ1) is 11.4. The van der Waals surface area contributed by atoms with E-state index in [1.165, 1.54) is 32.7 Å². The molecule has 16 heavy (non-hydrogen) atoms. The minimum Gasteiger partial charge on any atom is -0.382 e. The van der Waals surface area contributed by atoms with Crippen molar-refractivity contribution in [2.45, 2.75) is 13.5 Å². The van der Waals surface area contributed by atoms with E-state index in [-0.39, 0.29) is 0 Å². The van der Waals surface area contributed by atoms with Gasteiger partial charge < -0.3 is 10.6 Å². The van der Waals surface area contributed by atoms with Crippen LogP contribution in [0.15, 0.2) is 12.3 Å². The number of anilines is 1. The third kappa shape index (κ3) is 2.96. The zero-order chi connectivity index (χ0) is 11.4. The van der Waals surface area contributed by atoms with Gasteiger partial charge in [-0.1, -0.05) is 6.92 Å². The van der Waals surface area contributed by atoms with Crippen molar-refractivity contribution in [2.24, 2.45) is 0 Å². The number of hydrogen-bond acceptors (Lipinski definition) is 4. The van der Waals surface area contributed by atoms with E-state index in [0.29, 0.717) is 5.82 Å². The summed E-state index contributed by atoms with van der Waals surface area (Å²) in [5.41, 5.74) is 5.57. The van der Waals surface area contributed by atoms with Gasteiger partial charge in [-0.25, -0.2) is 0 Å². The van der Waals surface area contributed by atoms with Gasteiger partial charge in [0, 0.05) is 38.9 Å². The molecular formula is C11H21N5. The molecule has 0 aliphatic carbocycles. The highest BCUT2D eigenvalue weighted by atomic mass is 15.3. The Hall–Kier alpha value is -1.07. The summed E-state index contributed by atoms with van der Waals surface area (Å²) in [4.78, 5) is 4.98. The maximum absolute atomic E-state index is 5.57. The molecule has 0 saturated carbocycles. The van der Waals surface area contributed by atoms with Crippen LogP contribution in [0.5, 0.6) is 0 Å². The first-order chi connectivity index (χ1) is 7.78. The summed E-state index contributed by atoms with van der Waals surface area (Å²) < 4.78 is 1.92. The number of likely N-dealkylation sites (N-methyl/N-ethyl adjacent to an activating group) is 1. The molecule has 1 saturated heterocycles. The fourth-order valence-corrected chi connectivity index (χ4v) is 2.07. The molecule has 1 aliphatic heterocycles. The van der Waals surface area contributed by atoms with Gasteiger partial charge >= 0.3 is 0 Å². The molecule has 2 heterocycles. The second-order valence-corrected chi connectivity index (χ2v) is 4.28. The van der Waals surface area contributed by atoms with Crippen LogP contribution in [0.3, 0.4) is 0 Å². The zero-order valence-corrected chi connectivity index (χ0v) is 9.97. The van der Waals surface area contributed by atoms with Crippen LogP contribution < -0.4 is 5.73 Å². The van der Waals surface area contributed by atoms with Crippen LogP contribution in [0.25, 0.3) is 0 Å². The Morgan fingerprint density at radius 1 is 1.19 bits per heavy atom. The third-order valence-corrected chi connectivity index (χ3v) is 3.22. The standard InChI is InChI=1S/C11H21N5/c1-2-14-5-7-15(8-6-14)9-10-16-4-3-11(12)13-16/h3-4H,2,5-10H2,1H3,(H2,12,13). The summed E-state index contributed by atoms with van der Waals surface area (Å²) in [6.07, 6.45) is 1.94. The van der Waals surface area contributed by atoms with Crippen molar-refractivity contribution < 1.29 is 0 Å². The van der Waals surface area contributed by atoms with Crippen LogP contribution in [0.1, 0.15) is 6.92 Å². The lowest BCUT2D eigenvalue weighted by Crippen LogP contribution is -2.46. The molecule has 1 aromatic heterocycles. The van der Waals surface area contributed by atoms with Gasteiger partial charge in [0.25, 0.3) is 0 Å². The summed E-state index contributed by atoms with van der Waals surface area (Å²) in [5, 5.41) is 4.18. The lowest BCUT2D eigenvalue weighted by atomic mass is 10.3. The van der Waals surface area contributed by atoms with Crippen molar-refractivity contribution in [3.05, 3.63) is 12.3 Å². The van der Waals surface area contributed by atoms with E-state index in [4.69, 9.17) is 5.73 Å². The van der Waals surface area contributed by atoms with E-state index in [1.807, 2.05) is 16.9 Å². The number of nitrogen functional groups attached to an aromatic ring is 1. The highest BCUT2D eigenvalue weighted by Crippen LogP contribution is 2.02. The molecule has 0 amide bonds. The van der Waals surface area contributed by atoms with Gasteiger partial charge in [0.2, 0.25) is 0 Å². The average Bonchev–Trinajstić information content (AvgIpc) is 2.73. The second kappa shape index (κ2) is 5.32. The lowest BCUT2D eigenvalue weighted by Gasteiger charge is -2.33. The molecule has 0 radical (unpaired) electrons. The van der Waals surface area contributed by atoms with Gasteiger partial charge in [-0.05, 0) is 12.6 Å². The Labute approximate surface area is 96.8 Å². The Bertz CT molecular complexity index is 314. The summed E-state index contributed by atoms with van der Waals surface area (Å²) in [7, 11) is 0. The summed E-state index contributed by atoms with van der Waals surface area (Å²) >= 11 is 0. The Kier molecular flexibility index (Phi) is 3.79. The topological polar surface area (TPSA) is 50.3 Å². The maximum atomic E-state index is 5.57. The van der Waals surface area contributed by atoms with Crippen LogP contribution in [-0.4, -0.2) is 58.8 Å². The maximum Gasteiger partial charge on any atom is 0.145 e. The average molecular weight is 223 g/mol. The minimum absolute atomic E-state index is 0.607. The molecular weight excluding hydrogens is 202 g/mol. The number of nitrogens with two attached hydrogens (primary N) is 1. The molecule has 0 bridgehead atoms. The Balaban J connectivity index is 1.71. The van der Waals surface area contributed by atoms with Gasteiger partial charge in [-0.2, -0.15) is 5.10 Å². The Morgan fingerprint density at radius 3 is 2.44 bits per heavy atom. The molecule has 0 spiro atoms. The predicted molar refractivity (Wildman–Crippen MR) is 65.2 cm³/mol. The molecule has 1 aromatic rings. The predicted octanol–water partition coefficient (Wildman–Crippen LogP) is 0.103. The summed E-state index contributed by atoms with van der Waals surface area (Å²) in [5.74, 6) is 0.607. The third-order valence-electron chi connectivity index (χ3n) is 3.22. The van der Waals surface area contributed by atoms with E-state index in [2.05, 4.69) is 21.8 Å². The molecule has 2 N–H and O–H groups in total. The van der Waals surface area contributed by atoms with E-state index >= 15 is 0 Å². The molecule has 5 nitrogen and oxygen atoms in total. The van der Waals surface area contributed by atoms with E-state index < -0.39 is 0 Å². The van der Waals surface area contributed by atoms with Crippen molar-refractivity contribution in [1.29, 1.82) is 0 Å². The minimum atomic E-state index is 0.607. The quantitative estimate of drug-likeness (QED) is 0.787. The molecule has 1 aliphatic rings. The molecule has 1 fully saturated rings. The van der Waals surface area contributed by atoms with Crippen LogP contribution in [0.4, 0.5) is 5.82 Å². The van der Waals surface area contributed by atoms with Crippen molar-refractivity contribution in [1.82, 2.24) is 19.6 Å². The normalized spacial score (nSPS) is 19.1. The first-order valence-electron chi connectivity index (χ1n) is 6.01. The molecule has 5 heteroatoms. The van der Waals surface area contributed by atoms with Crippen LogP contribution in [-0.2, 0) is 6.54 Å². The van der Waals surface area contributed by atoms with Crippen LogP contribution >= 0.6 is 0 Å². The molecule has 0 atom stereocenters. The number of nitrogens with zero attached hydrogens (tertiary/aromatic N) is 4. The fourth-order valence-electron chi connectivity index (χ4n) is 2.07. The van der Waals surface area contributed by atoms with Crippen molar-refractivity contribution >= 4 is 5.82 Å². The van der Waals surface area contributed by atoms with Crippen molar-refractivity contribution in [2.75, 3.05) is 45.0 Å². The second-order valence-electron chi connectivity index (χ2n) is 4.28. The van der Waals surface area contributed by atoms with Crippen molar-refractivity contribution in [3.8, 4) is 0 Å². The van der Waals surface area contributed by atoms with Gasteiger partial charge in [-0.15, -0.1) is 0 Å². The number of rotatable bonds is 4. The van der Waals surface area contributed by atoms with Crippen LogP contribution in [0.2, 0.25) is 0 Å².